The van der Waals surface area contributed by atoms with Crippen LogP contribution in [0.4, 0.5) is 0 Å². The van der Waals surface area contributed by atoms with Crippen LogP contribution in [-0.4, -0.2) is 5.78 Å². The van der Waals surface area contributed by atoms with Crippen molar-refractivity contribution in [2.45, 2.75) is 6.42 Å². The van der Waals surface area contributed by atoms with Gasteiger partial charge in [0.05, 0.1) is 5.03 Å². The highest BCUT2D eigenvalue weighted by Gasteiger charge is 2.25. The summed E-state index contributed by atoms with van der Waals surface area (Å²) < 4.78 is 0. The number of hydrogen-bond donors (Lipinski definition) is 0. The highest BCUT2D eigenvalue weighted by molar-refractivity contribution is 6.50. The molecule has 0 bridgehead atoms. The van der Waals surface area contributed by atoms with Crippen molar-refractivity contribution in [3.63, 3.8) is 0 Å². The lowest BCUT2D eigenvalue weighted by Gasteiger charge is -2.17. The zero-order valence-corrected chi connectivity index (χ0v) is 7.14. The maximum absolute atomic E-state index is 10.8. The Morgan fingerprint density at radius 2 is 1.83 bits per heavy atom. The number of halogens is 1. The molecule has 0 saturated carbocycles. The molecule has 0 N–H and O–H groups in total. The number of carbonyl (C=O) groups excluding carboxylic acids is 1. The number of hydrogen-bond acceptors (Lipinski definition) is 1. The molecule has 0 heterocycles. The van der Waals surface area contributed by atoms with Crippen LogP contribution in [0.15, 0.2) is 35.4 Å². The Kier molecular flexibility index (Phi) is 1.74. The quantitative estimate of drug-likeness (QED) is 0.646. The van der Waals surface area contributed by atoms with Gasteiger partial charge >= 0.3 is 0 Å². The van der Waals surface area contributed by atoms with Crippen LogP contribution < -0.4 is 0 Å². The maximum Gasteiger partial charge on any atom is 0.178 e. The third-order valence-corrected chi connectivity index (χ3v) is 2.41. The molecular weight excluding hydrogens is 172 g/mol. The van der Waals surface area contributed by atoms with Crippen LogP contribution in [0.25, 0.3) is 5.57 Å². The molecule has 0 fully saturated rings. The van der Waals surface area contributed by atoms with Crippen LogP contribution in [0.3, 0.4) is 0 Å². The van der Waals surface area contributed by atoms with Crippen LogP contribution in [0.5, 0.6) is 0 Å². The SMILES string of the molecule is O=C1CC(c2ccccc2)=C1Cl. The van der Waals surface area contributed by atoms with Crippen LogP contribution >= 0.6 is 11.6 Å². The van der Waals surface area contributed by atoms with Crippen molar-refractivity contribution >= 4 is 23.0 Å². The minimum Gasteiger partial charge on any atom is -0.293 e. The van der Waals surface area contributed by atoms with E-state index < -0.39 is 0 Å². The predicted octanol–water partition coefficient (Wildman–Crippen LogP) is 2.61. The molecule has 2 heteroatoms. The Labute approximate surface area is 75.7 Å². The monoisotopic (exact) mass is 178 g/mol. The van der Waals surface area contributed by atoms with Crippen molar-refractivity contribution in [3.05, 3.63) is 40.9 Å². The number of rotatable bonds is 1. The van der Waals surface area contributed by atoms with E-state index in [0.29, 0.717) is 11.5 Å². The smallest absolute Gasteiger partial charge is 0.178 e. The zero-order chi connectivity index (χ0) is 8.55. The van der Waals surface area contributed by atoms with Gasteiger partial charge in [0.25, 0.3) is 0 Å². The van der Waals surface area contributed by atoms with Crippen molar-refractivity contribution < 1.29 is 4.79 Å². The van der Waals surface area contributed by atoms with E-state index in [0.717, 1.165) is 11.1 Å². The molecule has 0 unspecified atom stereocenters. The first-order valence-electron chi connectivity index (χ1n) is 3.76. The van der Waals surface area contributed by atoms with Crippen molar-refractivity contribution in [2.75, 3.05) is 0 Å². The fourth-order valence-electron chi connectivity index (χ4n) is 1.25. The zero-order valence-electron chi connectivity index (χ0n) is 6.38. The van der Waals surface area contributed by atoms with Gasteiger partial charge in [-0.3, -0.25) is 4.79 Å². The third-order valence-electron chi connectivity index (χ3n) is 1.97. The first-order valence-corrected chi connectivity index (χ1v) is 4.14. The molecule has 2 rings (SSSR count). The minimum absolute atomic E-state index is 0.0514. The van der Waals surface area contributed by atoms with E-state index in [-0.39, 0.29) is 5.78 Å². The molecule has 1 nitrogen and oxygen atoms in total. The molecule has 0 aromatic heterocycles. The molecule has 1 aliphatic carbocycles. The summed E-state index contributed by atoms with van der Waals surface area (Å²) in [5, 5.41) is 0.404. The Bertz CT molecular complexity index is 351. The Hall–Kier alpha value is -1.08. The van der Waals surface area contributed by atoms with E-state index in [4.69, 9.17) is 11.6 Å². The summed E-state index contributed by atoms with van der Waals surface area (Å²) in [7, 11) is 0. The standard InChI is InChI=1S/C10H7ClO/c11-10-8(6-9(10)12)7-4-2-1-3-5-7/h1-5H,6H2. The van der Waals surface area contributed by atoms with Crippen LogP contribution in [-0.2, 0) is 4.79 Å². The van der Waals surface area contributed by atoms with Crippen molar-refractivity contribution in [2.24, 2.45) is 0 Å². The molecule has 1 aliphatic rings. The van der Waals surface area contributed by atoms with Gasteiger partial charge in [-0.2, -0.15) is 0 Å². The highest BCUT2D eigenvalue weighted by atomic mass is 35.5. The summed E-state index contributed by atoms with van der Waals surface area (Å²) in [5.74, 6) is 0.0514. The molecule has 1 aromatic carbocycles. The van der Waals surface area contributed by atoms with E-state index in [9.17, 15) is 4.79 Å². The number of benzene rings is 1. The summed E-state index contributed by atoms with van der Waals surface area (Å²) in [6.45, 7) is 0. The second-order valence-electron chi connectivity index (χ2n) is 2.76. The second-order valence-corrected chi connectivity index (χ2v) is 3.14. The normalized spacial score (nSPS) is 16.2. The van der Waals surface area contributed by atoms with Gasteiger partial charge in [-0.1, -0.05) is 41.9 Å². The number of Topliss-reactive ketones (excluding diaryl/α,β-unsaturated/α-hetero) is 1. The summed E-state index contributed by atoms with van der Waals surface area (Å²) in [4.78, 5) is 10.8. The average Bonchev–Trinajstić information content (AvgIpc) is 2.15. The maximum atomic E-state index is 10.8. The molecule has 0 atom stereocenters. The molecular formula is C10H7ClO. The van der Waals surface area contributed by atoms with Crippen LogP contribution in [0.2, 0.25) is 0 Å². The van der Waals surface area contributed by atoms with Gasteiger partial charge < -0.3 is 0 Å². The molecule has 0 aliphatic heterocycles. The van der Waals surface area contributed by atoms with E-state index in [1.807, 2.05) is 30.3 Å². The number of allylic oxidation sites excluding steroid dienone is 2. The van der Waals surface area contributed by atoms with Crippen molar-refractivity contribution in [1.82, 2.24) is 0 Å². The van der Waals surface area contributed by atoms with Crippen LogP contribution in [0, 0.1) is 0 Å². The largest absolute Gasteiger partial charge is 0.293 e. The lowest BCUT2D eigenvalue weighted by Crippen LogP contribution is -2.12. The molecule has 0 saturated heterocycles. The third kappa shape index (κ3) is 1.07. The van der Waals surface area contributed by atoms with Gasteiger partial charge in [0, 0.05) is 6.42 Å². The molecule has 60 valence electrons. The lowest BCUT2D eigenvalue weighted by atomic mass is 9.90. The predicted molar refractivity (Wildman–Crippen MR) is 48.8 cm³/mol. The van der Waals surface area contributed by atoms with Gasteiger partial charge in [0.15, 0.2) is 5.78 Å². The second kappa shape index (κ2) is 2.76. The first kappa shape index (κ1) is 7.56. The van der Waals surface area contributed by atoms with Gasteiger partial charge in [0.1, 0.15) is 0 Å². The van der Waals surface area contributed by atoms with Gasteiger partial charge in [-0.25, -0.2) is 0 Å². The molecule has 12 heavy (non-hydrogen) atoms. The first-order chi connectivity index (χ1) is 5.79. The minimum atomic E-state index is 0.0514. The summed E-state index contributed by atoms with van der Waals surface area (Å²) in [6, 6.07) is 9.75. The lowest BCUT2D eigenvalue weighted by molar-refractivity contribution is -0.115. The van der Waals surface area contributed by atoms with Crippen molar-refractivity contribution in [3.8, 4) is 0 Å². The molecule has 0 spiro atoms. The van der Waals surface area contributed by atoms with E-state index in [1.165, 1.54) is 0 Å². The Balaban J connectivity index is 2.41. The van der Waals surface area contributed by atoms with Gasteiger partial charge in [0.2, 0.25) is 0 Å². The van der Waals surface area contributed by atoms with E-state index in [2.05, 4.69) is 0 Å². The van der Waals surface area contributed by atoms with Crippen molar-refractivity contribution in [1.29, 1.82) is 0 Å². The summed E-state index contributed by atoms with van der Waals surface area (Å²) in [6.07, 6.45) is 0.489. The Morgan fingerprint density at radius 3 is 2.33 bits per heavy atom. The van der Waals surface area contributed by atoms with Gasteiger partial charge in [-0.15, -0.1) is 0 Å². The summed E-state index contributed by atoms with van der Waals surface area (Å²) >= 11 is 5.73. The van der Waals surface area contributed by atoms with E-state index in [1.54, 1.807) is 0 Å². The molecule has 1 aromatic rings. The van der Waals surface area contributed by atoms with Crippen LogP contribution in [0.1, 0.15) is 12.0 Å². The molecule has 0 amide bonds. The number of carbonyl (C=O) groups is 1. The molecule has 0 radical (unpaired) electrons. The average molecular weight is 179 g/mol. The fraction of sp³-hybridized carbons (Fsp3) is 0.100. The topological polar surface area (TPSA) is 17.1 Å². The van der Waals surface area contributed by atoms with Gasteiger partial charge in [-0.05, 0) is 11.1 Å². The Morgan fingerprint density at radius 1 is 1.17 bits per heavy atom. The number of ketones is 1. The van der Waals surface area contributed by atoms with E-state index >= 15 is 0 Å². The summed E-state index contributed by atoms with van der Waals surface area (Å²) in [5.41, 5.74) is 2.03. The fourth-order valence-corrected chi connectivity index (χ4v) is 1.49. The highest BCUT2D eigenvalue weighted by Crippen LogP contribution is 2.35.